The Balaban J connectivity index is 2.55. The van der Waals surface area contributed by atoms with Crippen molar-refractivity contribution >= 4 is 28.2 Å². The second-order valence-corrected chi connectivity index (χ2v) is 4.37. The molecule has 2 N–H and O–H groups in total. The molecule has 6 heteroatoms. The standard InChI is InChI=1S/C15H15N3O3/c1-8-17-11-4-2-3-10(16)14(11)15(21)18(8)12-6-5-9(19)7-13(12)20/h2-4,12H,5-7,16H2,1H3/i1D3,2D,4D,5D2,6D,12D. The third kappa shape index (κ3) is 2.12. The van der Waals surface area contributed by atoms with E-state index in [0.717, 1.165) is 6.07 Å². The molecule has 1 aliphatic rings. The number of rotatable bonds is 1. The zero-order valence-corrected chi connectivity index (χ0v) is 10.6. The first kappa shape index (κ1) is 6.51. The number of nitrogen functional groups attached to an aromatic ring is 1. The normalized spacial score (nSPS) is 35.4. The second kappa shape index (κ2) is 4.80. The minimum Gasteiger partial charge on any atom is -0.398 e. The highest BCUT2D eigenvalue weighted by molar-refractivity contribution is 6.03. The van der Waals surface area contributed by atoms with Crippen LogP contribution in [0, 0.1) is 6.85 Å². The molecule has 3 rings (SSSR count). The summed E-state index contributed by atoms with van der Waals surface area (Å²) in [6.07, 6.45) is -6.63. The number of ketones is 2. The van der Waals surface area contributed by atoms with Gasteiger partial charge in [-0.1, -0.05) is 6.04 Å². The summed E-state index contributed by atoms with van der Waals surface area (Å²) in [4.78, 5) is 41.5. The Labute approximate surface area is 133 Å². The van der Waals surface area contributed by atoms with E-state index in [4.69, 9.17) is 18.1 Å². The summed E-state index contributed by atoms with van der Waals surface area (Å²) >= 11 is 0. The lowest BCUT2D eigenvalue weighted by Gasteiger charge is -2.24. The SMILES string of the molecule is [2H]c1cc(N)c2c(=O)n(C3([2H])C(=O)CC(=O)C([2H])([2H])C3[2H])c(C([2H])([2H])[2H])nc2c1[2H]. The predicted molar refractivity (Wildman–Crippen MR) is 78.1 cm³/mol. The molecule has 2 aromatic rings. The molecule has 0 saturated heterocycles. The lowest BCUT2D eigenvalue weighted by Crippen LogP contribution is -2.36. The van der Waals surface area contributed by atoms with E-state index >= 15 is 0 Å². The zero-order valence-electron chi connectivity index (χ0n) is 19.6. The highest BCUT2D eigenvalue weighted by atomic mass is 16.2. The molecule has 1 fully saturated rings. The first-order chi connectivity index (χ1) is 13.6. The fourth-order valence-electron chi connectivity index (χ4n) is 2.06. The van der Waals surface area contributed by atoms with Crippen LogP contribution in [-0.4, -0.2) is 21.1 Å². The maximum absolute atomic E-state index is 13.3. The highest BCUT2D eigenvalue weighted by Gasteiger charge is 2.30. The monoisotopic (exact) mass is 294 g/mol. The Morgan fingerprint density at radius 1 is 1.57 bits per heavy atom. The summed E-state index contributed by atoms with van der Waals surface area (Å²) in [5.74, 6) is -3.76. The van der Waals surface area contributed by atoms with Crippen LogP contribution in [0.3, 0.4) is 0 Å². The average molecular weight is 294 g/mol. The summed E-state index contributed by atoms with van der Waals surface area (Å²) in [7, 11) is 0. The van der Waals surface area contributed by atoms with Gasteiger partial charge in [-0.05, 0) is 25.4 Å². The molecule has 0 aliphatic heterocycles. The van der Waals surface area contributed by atoms with Crippen LogP contribution >= 0.6 is 0 Å². The molecule has 0 spiro atoms. The van der Waals surface area contributed by atoms with Crippen molar-refractivity contribution in [3.8, 4) is 0 Å². The molecule has 108 valence electrons. The molecule has 1 heterocycles. The van der Waals surface area contributed by atoms with Gasteiger partial charge in [0.1, 0.15) is 11.6 Å². The lowest BCUT2D eigenvalue weighted by molar-refractivity contribution is -0.132. The van der Waals surface area contributed by atoms with Crippen molar-refractivity contribution in [1.29, 1.82) is 0 Å². The number of carbonyl (C=O) groups excluding carboxylic acids is 2. The number of Topliss-reactive ketones (excluding diaryl/α,β-unsaturated/α-hetero) is 2. The minimum absolute atomic E-state index is 0.0754. The summed E-state index contributed by atoms with van der Waals surface area (Å²) in [5.41, 5.74) is 3.48. The van der Waals surface area contributed by atoms with E-state index in [0.29, 0.717) is 0 Å². The molecular formula is C15H15N3O3. The Kier molecular flexibility index (Phi) is 1.49. The number of fused-ring (bicyclic) bond motifs is 1. The van der Waals surface area contributed by atoms with Crippen LogP contribution < -0.4 is 11.3 Å². The van der Waals surface area contributed by atoms with Gasteiger partial charge < -0.3 is 5.73 Å². The van der Waals surface area contributed by atoms with Crippen LogP contribution in [0.25, 0.3) is 10.9 Å². The van der Waals surface area contributed by atoms with Crippen LogP contribution in [-0.2, 0) is 9.59 Å². The molecule has 1 aromatic heterocycles. The average Bonchev–Trinajstić information content (AvgIpc) is 2.62. The van der Waals surface area contributed by atoms with Gasteiger partial charge in [0.15, 0.2) is 5.78 Å². The van der Waals surface area contributed by atoms with E-state index in [1.165, 1.54) is 0 Å². The number of hydrogen-bond donors (Lipinski definition) is 1. The van der Waals surface area contributed by atoms with Gasteiger partial charge >= 0.3 is 0 Å². The van der Waals surface area contributed by atoms with Crippen LogP contribution in [0.15, 0.2) is 22.9 Å². The molecule has 21 heavy (non-hydrogen) atoms. The quantitative estimate of drug-likeness (QED) is 0.629. The van der Waals surface area contributed by atoms with Crippen LogP contribution in [0.2, 0.25) is 0 Å². The third-order valence-corrected chi connectivity index (χ3v) is 3.01. The number of nitrogens with two attached hydrogens (primary N) is 1. The molecule has 1 saturated carbocycles. The van der Waals surface area contributed by atoms with Crippen molar-refractivity contribution in [3.63, 3.8) is 0 Å². The van der Waals surface area contributed by atoms with Crippen LogP contribution in [0.4, 0.5) is 5.69 Å². The smallest absolute Gasteiger partial charge is 0.264 e. The molecule has 0 amide bonds. The van der Waals surface area contributed by atoms with Gasteiger partial charge in [-0.2, -0.15) is 0 Å². The number of hydrogen-bond acceptors (Lipinski definition) is 5. The number of benzene rings is 1. The Bertz CT molecular complexity index is 1170. The van der Waals surface area contributed by atoms with Crippen molar-refractivity contribution in [3.05, 3.63) is 34.3 Å². The van der Waals surface area contributed by atoms with Crippen molar-refractivity contribution in [2.45, 2.75) is 32.1 Å². The fraction of sp³-hybridized carbons (Fsp3) is 0.333. The van der Waals surface area contributed by atoms with E-state index in [1.807, 2.05) is 0 Å². The van der Waals surface area contributed by atoms with Gasteiger partial charge in [0.25, 0.3) is 5.56 Å². The number of anilines is 1. The largest absolute Gasteiger partial charge is 0.398 e. The number of nitrogens with zero attached hydrogens (tertiary/aromatic N) is 2. The third-order valence-electron chi connectivity index (χ3n) is 3.01. The molecule has 1 aromatic carbocycles. The van der Waals surface area contributed by atoms with E-state index in [9.17, 15) is 14.4 Å². The van der Waals surface area contributed by atoms with E-state index < -0.39 is 78.0 Å². The lowest BCUT2D eigenvalue weighted by atomic mass is 9.92. The summed E-state index contributed by atoms with van der Waals surface area (Å²) < 4.78 is 71.0. The molecule has 2 unspecified atom stereocenters. The summed E-state index contributed by atoms with van der Waals surface area (Å²) in [5, 5.41) is -0.548. The van der Waals surface area contributed by atoms with E-state index in [1.54, 1.807) is 0 Å². The Morgan fingerprint density at radius 3 is 3.14 bits per heavy atom. The molecule has 0 radical (unpaired) electrons. The van der Waals surface area contributed by atoms with Gasteiger partial charge in [0.05, 0.1) is 27.5 Å². The molecule has 0 bridgehead atoms. The van der Waals surface area contributed by atoms with Crippen molar-refractivity contribution in [2.24, 2.45) is 0 Å². The van der Waals surface area contributed by atoms with Crippen LogP contribution in [0.1, 0.15) is 43.4 Å². The van der Waals surface area contributed by atoms with Gasteiger partial charge in [0, 0.05) is 20.3 Å². The maximum Gasteiger partial charge on any atom is 0.264 e. The molecule has 6 nitrogen and oxygen atoms in total. The number of carbonyl (C=O) groups is 2. The number of aryl methyl sites for hydroxylation is 1. The van der Waals surface area contributed by atoms with Crippen molar-refractivity contribution in [2.75, 3.05) is 5.73 Å². The minimum atomic E-state index is -3.23. The number of aromatic nitrogens is 2. The Hall–Kier alpha value is -2.50. The topological polar surface area (TPSA) is 95.0 Å². The van der Waals surface area contributed by atoms with Crippen LogP contribution in [0.5, 0.6) is 0 Å². The Morgan fingerprint density at radius 2 is 2.38 bits per heavy atom. The molecule has 2 atom stereocenters. The summed E-state index contributed by atoms with van der Waals surface area (Å²) in [6, 6.07) is -3.26. The fourth-order valence-corrected chi connectivity index (χ4v) is 2.06. The molecule has 1 aliphatic carbocycles. The van der Waals surface area contributed by atoms with Gasteiger partial charge in [-0.25, -0.2) is 4.98 Å². The second-order valence-electron chi connectivity index (χ2n) is 4.37. The van der Waals surface area contributed by atoms with Gasteiger partial charge in [0.2, 0.25) is 0 Å². The first-order valence-corrected chi connectivity index (χ1v) is 5.88. The molecular weight excluding hydrogens is 270 g/mol. The highest BCUT2D eigenvalue weighted by Crippen LogP contribution is 2.24. The van der Waals surface area contributed by atoms with Gasteiger partial charge in [-0.3, -0.25) is 19.0 Å². The summed E-state index contributed by atoms with van der Waals surface area (Å²) in [6.45, 7) is -3.23. The first-order valence-electron chi connectivity index (χ1n) is 10.5. The van der Waals surface area contributed by atoms with E-state index in [-0.39, 0.29) is 10.3 Å². The maximum atomic E-state index is 13.3. The van der Waals surface area contributed by atoms with Crippen molar-refractivity contribution < 1.29 is 21.9 Å². The van der Waals surface area contributed by atoms with Crippen molar-refractivity contribution in [1.82, 2.24) is 9.55 Å². The predicted octanol–water partition coefficient (Wildman–Crippen LogP) is 1.15. The van der Waals surface area contributed by atoms with E-state index in [2.05, 4.69) is 4.98 Å². The van der Waals surface area contributed by atoms with Gasteiger partial charge in [-0.15, -0.1) is 0 Å². The zero-order chi connectivity index (χ0) is 23.0.